The minimum absolute atomic E-state index is 0.321. The van der Waals surface area contributed by atoms with Gasteiger partial charge in [0.2, 0.25) is 0 Å². The van der Waals surface area contributed by atoms with E-state index in [4.69, 9.17) is 0 Å². The van der Waals surface area contributed by atoms with Gasteiger partial charge in [-0.25, -0.2) is 0 Å². The molecule has 2 nitrogen and oxygen atoms in total. The van der Waals surface area contributed by atoms with Crippen LogP contribution in [0.25, 0.3) is 0 Å². The van der Waals surface area contributed by atoms with Crippen LogP contribution >= 0.6 is 0 Å². The van der Waals surface area contributed by atoms with Crippen molar-refractivity contribution in [1.29, 1.82) is 0 Å². The fraction of sp³-hybridized carbons (Fsp3) is 0.600. The Labute approximate surface area is 103 Å². The first-order valence-electron chi connectivity index (χ1n) is 6.69. The van der Waals surface area contributed by atoms with E-state index in [9.17, 15) is 5.11 Å². The van der Waals surface area contributed by atoms with E-state index in [-0.39, 0.29) is 0 Å². The van der Waals surface area contributed by atoms with Crippen molar-refractivity contribution in [2.75, 3.05) is 13.7 Å². The minimum Gasteiger partial charge on any atom is -0.396 e. The van der Waals surface area contributed by atoms with Crippen LogP contribution in [0.5, 0.6) is 0 Å². The summed E-state index contributed by atoms with van der Waals surface area (Å²) in [5.41, 5.74) is 1.41. The predicted molar refractivity (Wildman–Crippen MR) is 68.9 cm³/mol. The van der Waals surface area contributed by atoms with E-state index < -0.39 is 0 Å². The lowest BCUT2D eigenvalue weighted by molar-refractivity contribution is 0.0592. The highest BCUT2D eigenvalue weighted by Gasteiger charge is 2.45. The molecule has 2 aliphatic rings. The summed E-state index contributed by atoms with van der Waals surface area (Å²) in [6.45, 7) is 0.321. The van der Waals surface area contributed by atoms with E-state index in [1.165, 1.54) is 24.8 Å². The highest BCUT2D eigenvalue weighted by molar-refractivity contribution is 5.23. The lowest BCUT2D eigenvalue weighted by Crippen LogP contribution is -2.47. The molecule has 0 aromatic heterocycles. The Morgan fingerprint density at radius 1 is 1.24 bits per heavy atom. The predicted octanol–water partition coefficient (Wildman–Crippen LogP) is 2.25. The van der Waals surface area contributed by atoms with E-state index >= 15 is 0 Å². The molecule has 17 heavy (non-hydrogen) atoms. The number of nitrogens with zero attached hydrogens (tertiary/aromatic N) is 1. The minimum atomic E-state index is 0.321. The molecule has 0 radical (unpaired) electrons. The number of aliphatic hydroxyl groups is 1. The van der Waals surface area contributed by atoms with Gasteiger partial charge in [0.25, 0.3) is 0 Å². The maximum Gasteiger partial charge on any atom is 0.0480 e. The average Bonchev–Trinajstić information content (AvgIpc) is 2.64. The molecule has 2 aliphatic heterocycles. The molecule has 0 amide bonds. The molecule has 2 heteroatoms. The molecule has 4 unspecified atom stereocenters. The fourth-order valence-corrected chi connectivity index (χ4v) is 3.91. The maximum absolute atomic E-state index is 9.73. The van der Waals surface area contributed by atoms with Crippen LogP contribution in [0, 0.1) is 5.92 Å². The third kappa shape index (κ3) is 1.80. The molecule has 0 spiro atoms. The van der Waals surface area contributed by atoms with Crippen LogP contribution in [0.2, 0.25) is 0 Å². The molecule has 0 aliphatic carbocycles. The lowest BCUT2D eigenvalue weighted by atomic mass is 9.76. The van der Waals surface area contributed by atoms with Crippen molar-refractivity contribution < 1.29 is 5.11 Å². The largest absolute Gasteiger partial charge is 0.396 e. The van der Waals surface area contributed by atoms with Gasteiger partial charge in [-0.1, -0.05) is 30.3 Å². The second-order valence-electron chi connectivity index (χ2n) is 5.56. The molecule has 2 fully saturated rings. The molecule has 92 valence electrons. The Kier molecular flexibility index (Phi) is 2.93. The van der Waals surface area contributed by atoms with E-state index in [1.54, 1.807) is 0 Å². The number of benzene rings is 1. The number of piperidine rings is 1. The maximum atomic E-state index is 9.73. The summed E-state index contributed by atoms with van der Waals surface area (Å²) >= 11 is 0. The summed E-state index contributed by atoms with van der Waals surface area (Å²) in [5, 5.41) is 9.73. The number of fused-ring (bicyclic) bond motifs is 2. The Morgan fingerprint density at radius 3 is 2.71 bits per heavy atom. The van der Waals surface area contributed by atoms with Crippen molar-refractivity contribution >= 4 is 0 Å². The summed E-state index contributed by atoms with van der Waals surface area (Å²) in [7, 11) is 2.23. The van der Waals surface area contributed by atoms with Crippen molar-refractivity contribution in [3.05, 3.63) is 35.9 Å². The lowest BCUT2D eigenvalue weighted by Gasteiger charge is -2.42. The highest BCUT2D eigenvalue weighted by atomic mass is 16.3. The zero-order valence-corrected chi connectivity index (χ0v) is 10.4. The van der Waals surface area contributed by atoms with Gasteiger partial charge in [-0.3, -0.25) is 0 Å². The van der Waals surface area contributed by atoms with E-state index in [2.05, 4.69) is 42.3 Å². The van der Waals surface area contributed by atoms with Gasteiger partial charge >= 0.3 is 0 Å². The summed E-state index contributed by atoms with van der Waals surface area (Å²) in [5.74, 6) is 0.969. The molecule has 1 N–H and O–H groups in total. The van der Waals surface area contributed by atoms with Crippen molar-refractivity contribution in [2.45, 2.75) is 37.3 Å². The van der Waals surface area contributed by atoms with Crippen molar-refractivity contribution in [3.63, 3.8) is 0 Å². The van der Waals surface area contributed by atoms with Crippen molar-refractivity contribution in [2.24, 2.45) is 5.92 Å². The van der Waals surface area contributed by atoms with Gasteiger partial charge in [-0.2, -0.15) is 0 Å². The summed E-state index contributed by atoms with van der Waals surface area (Å²) in [6, 6.07) is 12.1. The standard InChI is InChI=1S/C15H21NO/c1-16-12-7-8-15(16)14(10-17)13(9-12)11-5-3-2-4-6-11/h2-6,12-15,17H,7-10H2,1H3. The summed E-state index contributed by atoms with van der Waals surface area (Å²) < 4.78 is 0. The summed E-state index contributed by atoms with van der Waals surface area (Å²) in [6.07, 6.45) is 3.78. The molecule has 1 aromatic carbocycles. The van der Waals surface area contributed by atoms with Crippen LogP contribution in [-0.4, -0.2) is 35.7 Å². The van der Waals surface area contributed by atoms with E-state index in [0.717, 1.165) is 6.04 Å². The molecule has 2 heterocycles. The van der Waals surface area contributed by atoms with Gasteiger partial charge in [0.1, 0.15) is 0 Å². The molecule has 1 aromatic rings. The Morgan fingerprint density at radius 2 is 2.00 bits per heavy atom. The van der Waals surface area contributed by atoms with Crippen LogP contribution in [0.4, 0.5) is 0 Å². The first kappa shape index (κ1) is 11.2. The van der Waals surface area contributed by atoms with E-state index in [0.29, 0.717) is 24.5 Å². The Balaban J connectivity index is 1.90. The van der Waals surface area contributed by atoms with Gasteiger partial charge < -0.3 is 10.0 Å². The van der Waals surface area contributed by atoms with Crippen molar-refractivity contribution in [3.8, 4) is 0 Å². The van der Waals surface area contributed by atoms with Crippen LogP contribution in [0.3, 0.4) is 0 Å². The molecule has 2 saturated heterocycles. The van der Waals surface area contributed by atoms with Gasteiger partial charge in [-0.15, -0.1) is 0 Å². The quantitative estimate of drug-likeness (QED) is 0.844. The fourth-order valence-electron chi connectivity index (χ4n) is 3.91. The monoisotopic (exact) mass is 231 g/mol. The van der Waals surface area contributed by atoms with Crippen molar-refractivity contribution in [1.82, 2.24) is 4.90 Å². The topological polar surface area (TPSA) is 23.5 Å². The van der Waals surface area contributed by atoms with Gasteiger partial charge in [-0.05, 0) is 37.8 Å². The van der Waals surface area contributed by atoms with Gasteiger partial charge in [0.05, 0.1) is 0 Å². The zero-order valence-electron chi connectivity index (χ0n) is 10.4. The average molecular weight is 231 g/mol. The smallest absolute Gasteiger partial charge is 0.0480 e. The molecule has 3 rings (SSSR count). The Bertz CT molecular complexity index is 378. The second-order valence-corrected chi connectivity index (χ2v) is 5.56. The number of hydrogen-bond acceptors (Lipinski definition) is 2. The van der Waals surface area contributed by atoms with Crippen LogP contribution in [0.1, 0.15) is 30.7 Å². The Hall–Kier alpha value is -0.860. The molecular weight excluding hydrogens is 210 g/mol. The first-order valence-corrected chi connectivity index (χ1v) is 6.69. The van der Waals surface area contributed by atoms with Gasteiger partial charge in [0.15, 0.2) is 0 Å². The summed E-state index contributed by atoms with van der Waals surface area (Å²) in [4.78, 5) is 2.50. The molecule has 4 atom stereocenters. The molecule has 0 saturated carbocycles. The van der Waals surface area contributed by atoms with Crippen LogP contribution < -0.4 is 0 Å². The SMILES string of the molecule is CN1C2CCC1C(CO)C(c1ccccc1)C2. The zero-order chi connectivity index (χ0) is 11.8. The third-order valence-corrected chi connectivity index (χ3v) is 4.87. The van der Waals surface area contributed by atoms with Gasteiger partial charge in [0, 0.05) is 24.6 Å². The van der Waals surface area contributed by atoms with E-state index in [1.807, 2.05) is 0 Å². The molecular formula is C15H21NO. The highest BCUT2D eigenvalue weighted by Crippen LogP contribution is 2.45. The van der Waals surface area contributed by atoms with Crippen LogP contribution in [-0.2, 0) is 0 Å². The van der Waals surface area contributed by atoms with Crippen LogP contribution in [0.15, 0.2) is 30.3 Å². The number of aliphatic hydroxyl groups excluding tert-OH is 1. The molecule has 2 bridgehead atoms. The second kappa shape index (κ2) is 4.43. The third-order valence-electron chi connectivity index (χ3n) is 4.87. The number of rotatable bonds is 2. The number of hydrogen-bond donors (Lipinski definition) is 1. The first-order chi connectivity index (χ1) is 8.31. The normalized spacial score (nSPS) is 37.3.